The highest BCUT2D eigenvalue weighted by Gasteiger charge is 2.30. The zero-order valence-electron chi connectivity index (χ0n) is 10.2. The monoisotopic (exact) mass is 418 g/mol. The molecule has 5 heteroatoms. The lowest BCUT2D eigenvalue weighted by Crippen LogP contribution is -2.25. The highest BCUT2D eigenvalue weighted by molar-refractivity contribution is 14.1. The summed E-state index contributed by atoms with van der Waals surface area (Å²) >= 11 is 14.1. The lowest BCUT2D eigenvalue weighted by Gasteiger charge is -2.11. The van der Waals surface area contributed by atoms with E-state index in [1.54, 1.807) is 18.2 Å². The summed E-state index contributed by atoms with van der Waals surface area (Å²) in [6.07, 6.45) is 0.0613. The molecule has 0 radical (unpaired) electrons. The predicted octanol–water partition coefficient (Wildman–Crippen LogP) is 4.78. The molecule has 0 spiro atoms. The molecule has 0 saturated carbocycles. The summed E-state index contributed by atoms with van der Waals surface area (Å²) in [6, 6.07) is 10.8. The second-order valence-electron chi connectivity index (χ2n) is 4.55. The zero-order chi connectivity index (χ0) is 14.3. The van der Waals surface area contributed by atoms with Gasteiger partial charge in [-0.2, -0.15) is 0 Å². The number of carbonyl (C=O) groups is 1. The van der Waals surface area contributed by atoms with Gasteiger partial charge in [-0.1, -0.05) is 29.3 Å². The SMILES string of the molecule is O=C(c1ccc(Cl)cc1Cl)C1Cc2ccc(I)cc2O1. The quantitative estimate of drug-likeness (QED) is 0.518. The molecule has 102 valence electrons. The van der Waals surface area contributed by atoms with Crippen LogP contribution in [0.25, 0.3) is 0 Å². The average molecular weight is 419 g/mol. The molecular weight excluding hydrogens is 410 g/mol. The van der Waals surface area contributed by atoms with Crippen molar-refractivity contribution in [1.82, 2.24) is 0 Å². The van der Waals surface area contributed by atoms with E-state index in [0.29, 0.717) is 22.0 Å². The number of benzene rings is 2. The maximum Gasteiger partial charge on any atom is 0.205 e. The molecule has 0 bridgehead atoms. The molecule has 1 heterocycles. The Kier molecular flexibility index (Phi) is 3.93. The number of halogens is 3. The summed E-state index contributed by atoms with van der Waals surface area (Å²) in [6.45, 7) is 0. The van der Waals surface area contributed by atoms with E-state index in [1.165, 1.54) is 0 Å². The Morgan fingerprint density at radius 2 is 2.00 bits per heavy atom. The van der Waals surface area contributed by atoms with Gasteiger partial charge in [-0.3, -0.25) is 4.79 Å². The maximum absolute atomic E-state index is 12.5. The molecule has 1 aliphatic heterocycles. The van der Waals surface area contributed by atoms with Crippen molar-refractivity contribution in [3.8, 4) is 5.75 Å². The van der Waals surface area contributed by atoms with Gasteiger partial charge in [0, 0.05) is 20.6 Å². The van der Waals surface area contributed by atoms with Crippen molar-refractivity contribution in [3.05, 3.63) is 61.1 Å². The van der Waals surface area contributed by atoms with Crippen molar-refractivity contribution < 1.29 is 9.53 Å². The summed E-state index contributed by atoms with van der Waals surface area (Å²) < 4.78 is 6.83. The van der Waals surface area contributed by atoms with Crippen molar-refractivity contribution in [3.63, 3.8) is 0 Å². The largest absolute Gasteiger partial charge is 0.482 e. The number of Topliss-reactive ketones (excluding diaryl/α,β-unsaturated/α-hetero) is 1. The van der Waals surface area contributed by atoms with Crippen molar-refractivity contribution >= 4 is 51.6 Å². The van der Waals surface area contributed by atoms with Crippen molar-refractivity contribution in [2.75, 3.05) is 0 Å². The summed E-state index contributed by atoms with van der Waals surface area (Å²) in [5.74, 6) is 0.665. The Hall–Kier alpha value is -0.780. The Balaban J connectivity index is 1.87. The van der Waals surface area contributed by atoms with E-state index in [0.717, 1.165) is 14.9 Å². The molecule has 1 unspecified atom stereocenters. The van der Waals surface area contributed by atoms with Gasteiger partial charge in [0.15, 0.2) is 6.10 Å². The summed E-state index contributed by atoms with van der Waals surface area (Å²) in [4.78, 5) is 12.5. The van der Waals surface area contributed by atoms with Crippen molar-refractivity contribution in [2.24, 2.45) is 0 Å². The van der Waals surface area contributed by atoms with E-state index in [1.807, 2.05) is 18.2 Å². The Morgan fingerprint density at radius 3 is 2.75 bits per heavy atom. The molecule has 0 aliphatic carbocycles. The second-order valence-corrected chi connectivity index (χ2v) is 6.64. The minimum absolute atomic E-state index is 0.113. The smallest absolute Gasteiger partial charge is 0.205 e. The standard InChI is InChI=1S/C15H9Cl2IO2/c16-9-2-4-11(12(17)6-9)15(19)14-5-8-1-3-10(18)7-13(8)20-14/h1-4,6-7,14H,5H2. The number of carbonyl (C=O) groups excluding carboxylic acids is 1. The normalized spacial score (nSPS) is 16.6. The third-order valence-corrected chi connectivity index (χ3v) is 4.41. The molecule has 1 aliphatic rings. The maximum atomic E-state index is 12.5. The molecule has 3 rings (SSSR count). The number of hydrogen-bond acceptors (Lipinski definition) is 2. The molecule has 0 amide bonds. The molecule has 2 aromatic rings. The predicted molar refractivity (Wildman–Crippen MR) is 88.1 cm³/mol. The lowest BCUT2D eigenvalue weighted by atomic mass is 10.0. The summed E-state index contributed by atoms with van der Waals surface area (Å²) in [5, 5.41) is 0.869. The van der Waals surface area contributed by atoms with Crippen LogP contribution in [0.15, 0.2) is 36.4 Å². The third-order valence-electron chi connectivity index (χ3n) is 3.19. The summed E-state index contributed by atoms with van der Waals surface area (Å²) in [7, 11) is 0. The van der Waals surface area contributed by atoms with Crippen molar-refractivity contribution in [2.45, 2.75) is 12.5 Å². The molecule has 0 aromatic heterocycles. The van der Waals surface area contributed by atoms with Crippen molar-refractivity contribution in [1.29, 1.82) is 0 Å². The van der Waals surface area contributed by atoms with Crippen LogP contribution in [-0.2, 0) is 6.42 Å². The molecule has 0 fully saturated rings. The number of hydrogen-bond donors (Lipinski definition) is 0. The molecule has 2 aromatic carbocycles. The Labute approximate surface area is 140 Å². The van der Waals surface area contributed by atoms with Crippen LogP contribution in [0.1, 0.15) is 15.9 Å². The topological polar surface area (TPSA) is 26.3 Å². The van der Waals surface area contributed by atoms with Gasteiger partial charge in [0.2, 0.25) is 5.78 Å². The van der Waals surface area contributed by atoms with E-state index in [9.17, 15) is 4.79 Å². The van der Waals surface area contributed by atoms with E-state index in [-0.39, 0.29) is 5.78 Å². The van der Waals surface area contributed by atoms with Crippen LogP contribution in [0.3, 0.4) is 0 Å². The van der Waals surface area contributed by atoms with Gasteiger partial charge in [-0.25, -0.2) is 0 Å². The fraction of sp³-hybridized carbons (Fsp3) is 0.133. The fourth-order valence-corrected chi connectivity index (χ4v) is 3.17. The third kappa shape index (κ3) is 2.67. The van der Waals surface area contributed by atoms with Gasteiger partial charge in [-0.15, -0.1) is 0 Å². The molecule has 0 saturated heterocycles. The second kappa shape index (κ2) is 5.54. The summed E-state index contributed by atoms with van der Waals surface area (Å²) in [5.41, 5.74) is 1.50. The highest BCUT2D eigenvalue weighted by Crippen LogP contribution is 2.32. The van der Waals surface area contributed by atoms with Crippen LogP contribution in [0.2, 0.25) is 10.0 Å². The van der Waals surface area contributed by atoms with E-state index in [2.05, 4.69) is 22.6 Å². The van der Waals surface area contributed by atoms with E-state index in [4.69, 9.17) is 27.9 Å². The molecule has 20 heavy (non-hydrogen) atoms. The van der Waals surface area contributed by atoms with Crippen LogP contribution >= 0.6 is 45.8 Å². The average Bonchev–Trinajstić information content (AvgIpc) is 2.81. The van der Waals surface area contributed by atoms with E-state index >= 15 is 0 Å². The van der Waals surface area contributed by atoms with Crippen LogP contribution in [0, 0.1) is 3.57 Å². The molecular formula is C15H9Cl2IO2. The first kappa shape index (κ1) is 14.2. The van der Waals surface area contributed by atoms with E-state index < -0.39 is 6.10 Å². The van der Waals surface area contributed by atoms with Gasteiger partial charge < -0.3 is 4.74 Å². The van der Waals surface area contributed by atoms with Crippen LogP contribution < -0.4 is 4.74 Å². The van der Waals surface area contributed by atoms with Gasteiger partial charge in [0.25, 0.3) is 0 Å². The zero-order valence-corrected chi connectivity index (χ0v) is 13.9. The van der Waals surface area contributed by atoms with Gasteiger partial charge in [-0.05, 0) is 58.5 Å². The first-order chi connectivity index (χ1) is 9.54. The first-order valence-corrected chi connectivity index (χ1v) is 7.82. The Bertz CT molecular complexity index is 700. The minimum atomic E-state index is -0.512. The number of ether oxygens (including phenoxy) is 1. The fourth-order valence-electron chi connectivity index (χ4n) is 2.21. The highest BCUT2D eigenvalue weighted by atomic mass is 127. The van der Waals surface area contributed by atoms with Gasteiger partial charge >= 0.3 is 0 Å². The molecule has 1 atom stereocenters. The number of ketones is 1. The lowest BCUT2D eigenvalue weighted by molar-refractivity contribution is 0.0825. The van der Waals surface area contributed by atoms with Gasteiger partial charge in [0.05, 0.1) is 5.02 Å². The number of rotatable bonds is 2. The Morgan fingerprint density at radius 1 is 1.20 bits per heavy atom. The first-order valence-electron chi connectivity index (χ1n) is 5.99. The minimum Gasteiger partial charge on any atom is -0.482 e. The molecule has 0 N–H and O–H groups in total. The molecule has 2 nitrogen and oxygen atoms in total. The van der Waals surface area contributed by atoms with Crippen LogP contribution in [-0.4, -0.2) is 11.9 Å². The van der Waals surface area contributed by atoms with Gasteiger partial charge in [0.1, 0.15) is 5.75 Å². The number of fused-ring (bicyclic) bond motifs is 1. The van der Waals surface area contributed by atoms with Crippen LogP contribution in [0.5, 0.6) is 5.75 Å². The van der Waals surface area contributed by atoms with Crippen LogP contribution in [0.4, 0.5) is 0 Å².